The van der Waals surface area contributed by atoms with Gasteiger partial charge in [0.2, 0.25) is 0 Å². The summed E-state index contributed by atoms with van der Waals surface area (Å²) in [7, 11) is 0. The van der Waals surface area contributed by atoms with Crippen molar-refractivity contribution in [2.45, 2.75) is 18.8 Å². The number of ether oxygens (including phenoxy) is 1. The molecule has 0 amide bonds. The molecule has 1 aromatic carbocycles. The van der Waals surface area contributed by atoms with Crippen LogP contribution in [-0.4, -0.2) is 27.0 Å². The van der Waals surface area contributed by atoms with Crippen LogP contribution in [0.5, 0.6) is 0 Å². The maximum absolute atomic E-state index is 12.1. The van der Waals surface area contributed by atoms with Gasteiger partial charge < -0.3 is 4.74 Å². The molecule has 0 atom stereocenters. The molecule has 0 radical (unpaired) electrons. The van der Waals surface area contributed by atoms with Gasteiger partial charge in [0.1, 0.15) is 5.69 Å². The summed E-state index contributed by atoms with van der Waals surface area (Å²) in [4.78, 5) is 24.1. The van der Waals surface area contributed by atoms with E-state index in [1.807, 2.05) is 0 Å². The highest BCUT2D eigenvalue weighted by atomic mass is 79.9. The fourth-order valence-corrected chi connectivity index (χ4v) is 2.65. The molecule has 0 aliphatic carbocycles. The number of hydrogen-bond donors (Lipinski definition) is 0. The van der Waals surface area contributed by atoms with Crippen LogP contribution < -0.4 is 5.56 Å². The molecule has 0 spiro atoms. The van der Waals surface area contributed by atoms with E-state index in [9.17, 15) is 9.59 Å². The number of esters is 1. The first-order valence-electron chi connectivity index (χ1n) is 6.04. The minimum Gasteiger partial charge on any atom is -0.440 e. The van der Waals surface area contributed by atoms with Crippen LogP contribution in [0.25, 0.3) is 0 Å². The standard InChI is InChI=1S/C13H11BrClN3O3S/c1-7-11(19)18(13(22-2)17-16-7)6-21-12(20)9-5-8(14)3-4-10(9)15/h3-5H,6H2,1-2H3. The summed E-state index contributed by atoms with van der Waals surface area (Å²) in [6.45, 7) is 1.29. The molecule has 0 saturated carbocycles. The molecular formula is C13H11BrClN3O3S. The lowest BCUT2D eigenvalue weighted by Gasteiger charge is -2.11. The quantitative estimate of drug-likeness (QED) is 0.576. The first kappa shape index (κ1) is 17.0. The number of carbonyl (C=O) groups is 1. The fourth-order valence-electron chi connectivity index (χ4n) is 1.62. The molecule has 2 aromatic rings. The van der Waals surface area contributed by atoms with Crippen LogP contribution >= 0.6 is 39.3 Å². The van der Waals surface area contributed by atoms with Crippen molar-refractivity contribution in [1.82, 2.24) is 14.8 Å². The Bertz CT molecular complexity index is 782. The summed E-state index contributed by atoms with van der Waals surface area (Å²) in [6, 6.07) is 4.85. The number of carbonyl (C=O) groups excluding carboxylic acids is 1. The number of halogens is 2. The second-order valence-corrected chi connectivity index (χ2v) is 6.29. The molecular weight excluding hydrogens is 394 g/mol. The predicted octanol–water partition coefficient (Wildman–Crippen LogP) is 2.90. The predicted molar refractivity (Wildman–Crippen MR) is 87.4 cm³/mol. The maximum Gasteiger partial charge on any atom is 0.341 e. The number of aromatic nitrogens is 3. The largest absolute Gasteiger partial charge is 0.440 e. The van der Waals surface area contributed by atoms with Gasteiger partial charge in [0.05, 0.1) is 10.6 Å². The summed E-state index contributed by atoms with van der Waals surface area (Å²) in [5.41, 5.74) is 0.0929. The lowest BCUT2D eigenvalue weighted by molar-refractivity contribution is 0.0345. The van der Waals surface area contributed by atoms with Crippen LogP contribution in [0.1, 0.15) is 16.1 Å². The third kappa shape index (κ3) is 3.68. The number of nitrogens with zero attached hydrogens (tertiary/aromatic N) is 3. The molecule has 0 saturated heterocycles. The van der Waals surface area contributed by atoms with Gasteiger partial charge in [-0.25, -0.2) is 9.36 Å². The van der Waals surface area contributed by atoms with Crippen molar-refractivity contribution < 1.29 is 9.53 Å². The second-order valence-electron chi connectivity index (χ2n) is 4.19. The fraction of sp³-hybridized carbons (Fsp3) is 0.231. The zero-order valence-corrected chi connectivity index (χ0v) is 14.8. The van der Waals surface area contributed by atoms with Crippen LogP contribution in [0.15, 0.2) is 32.6 Å². The minimum atomic E-state index is -0.625. The Kier molecular flexibility index (Phi) is 5.60. The van der Waals surface area contributed by atoms with Gasteiger partial charge in [0.25, 0.3) is 5.56 Å². The van der Waals surface area contributed by atoms with Crippen LogP contribution in [-0.2, 0) is 11.5 Å². The van der Waals surface area contributed by atoms with E-state index in [2.05, 4.69) is 26.1 Å². The minimum absolute atomic E-state index is 0.216. The lowest BCUT2D eigenvalue weighted by atomic mass is 10.2. The molecule has 0 aliphatic heterocycles. The Morgan fingerprint density at radius 2 is 2.18 bits per heavy atom. The highest BCUT2D eigenvalue weighted by molar-refractivity contribution is 9.10. The van der Waals surface area contributed by atoms with Crippen molar-refractivity contribution in [3.63, 3.8) is 0 Å². The summed E-state index contributed by atoms with van der Waals surface area (Å²) >= 11 is 10.5. The van der Waals surface area contributed by atoms with Crippen LogP contribution in [0.3, 0.4) is 0 Å². The van der Waals surface area contributed by atoms with Gasteiger partial charge in [0, 0.05) is 4.47 Å². The van der Waals surface area contributed by atoms with Gasteiger partial charge in [-0.05, 0) is 31.4 Å². The van der Waals surface area contributed by atoms with E-state index in [0.717, 1.165) is 0 Å². The molecule has 1 heterocycles. The van der Waals surface area contributed by atoms with Crippen LogP contribution in [0, 0.1) is 6.92 Å². The molecule has 22 heavy (non-hydrogen) atoms. The smallest absolute Gasteiger partial charge is 0.341 e. The van der Waals surface area contributed by atoms with Crippen LogP contribution in [0.2, 0.25) is 5.02 Å². The number of hydrogen-bond acceptors (Lipinski definition) is 6. The summed E-state index contributed by atoms with van der Waals surface area (Å²) in [5, 5.41) is 8.28. The Balaban J connectivity index is 2.23. The highest BCUT2D eigenvalue weighted by Gasteiger charge is 2.15. The number of thioether (sulfide) groups is 1. The van der Waals surface area contributed by atoms with E-state index < -0.39 is 5.97 Å². The average molecular weight is 405 g/mol. The highest BCUT2D eigenvalue weighted by Crippen LogP contribution is 2.22. The Morgan fingerprint density at radius 1 is 1.45 bits per heavy atom. The molecule has 2 rings (SSSR count). The Labute approximate surface area is 144 Å². The maximum atomic E-state index is 12.1. The first-order chi connectivity index (χ1) is 10.4. The molecule has 0 bridgehead atoms. The zero-order valence-electron chi connectivity index (χ0n) is 11.7. The summed E-state index contributed by atoms with van der Waals surface area (Å²) in [6.07, 6.45) is 1.75. The van der Waals surface area contributed by atoms with Crippen LogP contribution in [0.4, 0.5) is 0 Å². The Hall–Kier alpha value is -1.38. The van der Waals surface area contributed by atoms with Gasteiger partial charge in [-0.3, -0.25) is 4.79 Å². The van der Waals surface area contributed by atoms with Gasteiger partial charge in [-0.2, -0.15) is 0 Å². The van der Waals surface area contributed by atoms with Crippen molar-refractivity contribution >= 4 is 45.3 Å². The molecule has 0 fully saturated rings. The van der Waals surface area contributed by atoms with E-state index in [1.165, 1.54) is 16.3 Å². The van der Waals surface area contributed by atoms with Gasteiger partial charge in [0.15, 0.2) is 11.9 Å². The SMILES string of the molecule is CSc1nnc(C)c(=O)n1COC(=O)c1cc(Br)ccc1Cl. The summed E-state index contributed by atoms with van der Waals surface area (Å²) in [5.74, 6) is -0.625. The normalized spacial score (nSPS) is 10.5. The molecule has 0 N–H and O–H groups in total. The zero-order chi connectivity index (χ0) is 16.3. The molecule has 9 heteroatoms. The molecule has 0 aliphatic rings. The van der Waals surface area contributed by atoms with E-state index in [4.69, 9.17) is 16.3 Å². The third-order valence-electron chi connectivity index (χ3n) is 2.73. The molecule has 6 nitrogen and oxygen atoms in total. The van der Waals surface area contributed by atoms with E-state index >= 15 is 0 Å². The van der Waals surface area contributed by atoms with E-state index in [-0.39, 0.29) is 28.6 Å². The van der Waals surface area contributed by atoms with Crippen molar-refractivity contribution in [1.29, 1.82) is 0 Å². The third-order valence-corrected chi connectivity index (χ3v) is 4.22. The van der Waals surface area contributed by atoms with Crippen molar-refractivity contribution in [2.75, 3.05) is 6.26 Å². The lowest BCUT2D eigenvalue weighted by Crippen LogP contribution is -2.28. The molecule has 116 valence electrons. The van der Waals surface area contributed by atoms with E-state index in [1.54, 1.807) is 31.4 Å². The number of aryl methyl sites for hydroxylation is 1. The van der Waals surface area contributed by atoms with Crippen molar-refractivity contribution in [3.05, 3.63) is 49.3 Å². The molecule has 1 aromatic heterocycles. The monoisotopic (exact) mass is 403 g/mol. The first-order valence-corrected chi connectivity index (χ1v) is 8.44. The topological polar surface area (TPSA) is 74.1 Å². The average Bonchev–Trinajstić information content (AvgIpc) is 2.50. The van der Waals surface area contributed by atoms with Crippen molar-refractivity contribution in [3.8, 4) is 0 Å². The second kappa shape index (κ2) is 7.26. The number of rotatable bonds is 4. The number of benzene rings is 1. The van der Waals surface area contributed by atoms with Gasteiger partial charge in [-0.15, -0.1) is 10.2 Å². The molecule has 0 unspecified atom stereocenters. The van der Waals surface area contributed by atoms with Gasteiger partial charge >= 0.3 is 5.97 Å². The summed E-state index contributed by atoms with van der Waals surface area (Å²) < 4.78 is 7.11. The van der Waals surface area contributed by atoms with E-state index in [0.29, 0.717) is 9.63 Å². The van der Waals surface area contributed by atoms with Gasteiger partial charge in [-0.1, -0.05) is 39.3 Å². The Morgan fingerprint density at radius 3 is 2.86 bits per heavy atom. The van der Waals surface area contributed by atoms with Crippen molar-refractivity contribution in [2.24, 2.45) is 0 Å².